The van der Waals surface area contributed by atoms with Crippen molar-refractivity contribution in [3.63, 3.8) is 0 Å². The van der Waals surface area contributed by atoms with Crippen molar-refractivity contribution in [2.45, 2.75) is 6.54 Å². The van der Waals surface area contributed by atoms with Crippen LogP contribution in [0.4, 0.5) is 5.82 Å². The van der Waals surface area contributed by atoms with Gasteiger partial charge in [-0.25, -0.2) is 0 Å². The van der Waals surface area contributed by atoms with Crippen molar-refractivity contribution in [2.24, 2.45) is 0 Å². The smallest absolute Gasteiger partial charge is 0.200 e. The van der Waals surface area contributed by atoms with E-state index in [2.05, 4.69) is 20.6 Å². The molecule has 8 nitrogen and oxygen atoms in total. The second-order valence-corrected chi connectivity index (χ2v) is 4.75. The molecule has 8 heteroatoms. The van der Waals surface area contributed by atoms with Gasteiger partial charge in [-0.15, -0.1) is 14.8 Å². The summed E-state index contributed by atoms with van der Waals surface area (Å²) in [5.41, 5.74) is 1.64. The zero-order chi connectivity index (χ0) is 15.5. The van der Waals surface area contributed by atoms with Crippen molar-refractivity contribution in [3.05, 3.63) is 35.9 Å². The number of hydrogen-bond donors (Lipinski definition) is 0. The summed E-state index contributed by atoms with van der Waals surface area (Å²) in [5.74, 6) is 2.30. The van der Waals surface area contributed by atoms with E-state index in [1.807, 2.05) is 42.3 Å². The monoisotopic (exact) mass is 300 g/mol. The quantitative estimate of drug-likeness (QED) is 0.700. The third-order valence-electron chi connectivity index (χ3n) is 3.35. The fourth-order valence-corrected chi connectivity index (χ4v) is 2.16. The van der Waals surface area contributed by atoms with Gasteiger partial charge in [-0.2, -0.15) is 0 Å². The zero-order valence-electron chi connectivity index (χ0n) is 12.6. The molecule has 0 aliphatic heterocycles. The number of aromatic nitrogens is 5. The molecule has 0 amide bonds. The molecule has 1 aromatic carbocycles. The van der Waals surface area contributed by atoms with E-state index >= 15 is 0 Å². The Morgan fingerprint density at radius 1 is 1.14 bits per heavy atom. The van der Waals surface area contributed by atoms with Crippen LogP contribution in [0.5, 0.6) is 11.5 Å². The standard InChI is InChI=1S/C14H16N6O2/c1-19(14-7-6-13-15-17-18-20(13)16-14)9-10-4-5-11(21-2)8-12(10)22-3/h4-8H,9H2,1-3H3. The van der Waals surface area contributed by atoms with E-state index in [1.165, 1.54) is 4.63 Å². The average Bonchev–Trinajstić information content (AvgIpc) is 3.02. The minimum absolute atomic E-state index is 0.610. The number of methoxy groups -OCH3 is 2. The van der Waals surface area contributed by atoms with E-state index in [1.54, 1.807) is 14.2 Å². The summed E-state index contributed by atoms with van der Waals surface area (Å²) in [5, 5.41) is 15.6. The van der Waals surface area contributed by atoms with Crippen molar-refractivity contribution >= 4 is 11.5 Å². The second-order valence-electron chi connectivity index (χ2n) is 4.75. The summed E-state index contributed by atoms with van der Waals surface area (Å²) < 4.78 is 12.0. The average molecular weight is 300 g/mol. The molecule has 0 N–H and O–H groups in total. The summed E-state index contributed by atoms with van der Waals surface area (Å²) in [6.45, 7) is 0.633. The molecule has 2 aromatic heterocycles. The van der Waals surface area contributed by atoms with Gasteiger partial charge in [-0.05, 0) is 34.7 Å². The van der Waals surface area contributed by atoms with Gasteiger partial charge in [-0.3, -0.25) is 0 Å². The summed E-state index contributed by atoms with van der Waals surface area (Å²) >= 11 is 0. The van der Waals surface area contributed by atoms with Gasteiger partial charge in [0.05, 0.1) is 14.2 Å². The van der Waals surface area contributed by atoms with E-state index < -0.39 is 0 Å². The van der Waals surface area contributed by atoms with Crippen LogP contribution in [-0.2, 0) is 6.54 Å². The normalized spacial score (nSPS) is 10.7. The summed E-state index contributed by atoms with van der Waals surface area (Å²) in [7, 11) is 5.22. The number of nitrogens with zero attached hydrogens (tertiary/aromatic N) is 6. The van der Waals surface area contributed by atoms with Crippen molar-refractivity contribution in [3.8, 4) is 11.5 Å². The van der Waals surface area contributed by atoms with Crippen molar-refractivity contribution in [2.75, 3.05) is 26.2 Å². The fourth-order valence-electron chi connectivity index (χ4n) is 2.16. The molecule has 3 aromatic rings. The fraction of sp³-hybridized carbons (Fsp3) is 0.286. The number of tetrazole rings is 1. The molecule has 0 spiro atoms. The van der Waals surface area contributed by atoms with Gasteiger partial charge in [0.1, 0.15) is 11.5 Å². The molecule has 0 aliphatic rings. The van der Waals surface area contributed by atoms with Crippen LogP contribution in [0.25, 0.3) is 5.65 Å². The van der Waals surface area contributed by atoms with E-state index in [-0.39, 0.29) is 0 Å². The molecule has 22 heavy (non-hydrogen) atoms. The number of benzene rings is 1. The van der Waals surface area contributed by atoms with Crippen LogP contribution in [0.15, 0.2) is 30.3 Å². The summed E-state index contributed by atoms with van der Waals surface area (Å²) in [6, 6.07) is 9.44. The molecule has 0 radical (unpaired) electrons. The molecule has 0 saturated heterocycles. The van der Waals surface area contributed by atoms with Gasteiger partial charge < -0.3 is 14.4 Å². The highest BCUT2D eigenvalue weighted by Gasteiger charge is 2.11. The molecule has 2 heterocycles. The molecular weight excluding hydrogens is 284 g/mol. The highest BCUT2D eigenvalue weighted by Crippen LogP contribution is 2.26. The van der Waals surface area contributed by atoms with Crippen LogP contribution in [0.3, 0.4) is 0 Å². The van der Waals surface area contributed by atoms with Crippen LogP contribution in [0, 0.1) is 0 Å². The van der Waals surface area contributed by atoms with Gasteiger partial charge in [0.2, 0.25) is 0 Å². The minimum Gasteiger partial charge on any atom is -0.497 e. The number of fused-ring (bicyclic) bond motifs is 1. The first-order chi connectivity index (χ1) is 10.7. The van der Waals surface area contributed by atoms with Gasteiger partial charge >= 0.3 is 0 Å². The highest BCUT2D eigenvalue weighted by molar-refractivity contribution is 5.47. The maximum atomic E-state index is 5.42. The summed E-state index contributed by atoms with van der Waals surface area (Å²) in [4.78, 5) is 1.99. The van der Waals surface area contributed by atoms with Gasteiger partial charge in [-0.1, -0.05) is 0 Å². The maximum Gasteiger partial charge on any atom is 0.200 e. The first-order valence-corrected chi connectivity index (χ1v) is 6.68. The Bertz CT molecular complexity index is 788. The third kappa shape index (κ3) is 2.62. The van der Waals surface area contributed by atoms with Crippen LogP contribution in [0.1, 0.15) is 5.56 Å². The Hall–Kier alpha value is -2.90. The Labute approximate surface area is 127 Å². The number of rotatable bonds is 5. The molecule has 0 aliphatic carbocycles. The first kappa shape index (κ1) is 14.1. The first-order valence-electron chi connectivity index (χ1n) is 6.68. The Balaban J connectivity index is 1.85. The molecular formula is C14H16N6O2. The van der Waals surface area contributed by atoms with E-state index in [0.717, 1.165) is 22.9 Å². The lowest BCUT2D eigenvalue weighted by molar-refractivity contribution is 0.391. The zero-order valence-corrected chi connectivity index (χ0v) is 12.6. The third-order valence-corrected chi connectivity index (χ3v) is 3.35. The van der Waals surface area contributed by atoms with Crippen LogP contribution >= 0.6 is 0 Å². The molecule has 114 valence electrons. The number of anilines is 1. The molecule has 0 atom stereocenters. The topological polar surface area (TPSA) is 77.7 Å². The predicted octanol–water partition coefficient (Wildman–Crippen LogP) is 1.17. The van der Waals surface area contributed by atoms with Crippen molar-refractivity contribution in [1.82, 2.24) is 25.3 Å². The Morgan fingerprint density at radius 3 is 2.77 bits per heavy atom. The molecule has 0 saturated carbocycles. The molecule has 3 rings (SSSR count). The van der Waals surface area contributed by atoms with Gasteiger partial charge in [0, 0.05) is 25.2 Å². The maximum absolute atomic E-state index is 5.42. The SMILES string of the molecule is COc1ccc(CN(C)c2ccc3nnnn3n2)c(OC)c1. The summed E-state index contributed by atoms with van der Waals surface area (Å²) in [6.07, 6.45) is 0. The van der Waals surface area contributed by atoms with Crippen molar-refractivity contribution in [1.29, 1.82) is 0 Å². The van der Waals surface area contributed by atoms with E-state index in [0.29, 0.717) is 12.2 Å². The lowest BCUT2D eigenvalue weighted by Crippen LogP contribution is -2.19. The lowest BCUT2D eigenvalue weighted by Gasteiger charge is -2.19. The van der Waals surface area contributed by atoms with Crippen LogP contribution in [0.2, 0.25) is 0 Å². The van der Waals surface area contributed by atoms with Crippen LogP contribution in [-0.4, -0.2) is 46.5 Å². The van der Waals surface area contributed by atoms with Crippen LogP contribution < -0.4 is 14.4 Å². The Morgan fingerprint density at radius 2 is 2.00 bits per heavy atom. The number of hydrogen-bond acceptors (Lipinski definition) is 7. The Kier molecular flexibility index (Phi) is 3.73. The molecule has 0 bridgehead atoms. The van der Waals surface area contributed by atoms with E-state index in [4.69, 9.17) is 9.47 Å². The lowest BCUT2D eigenvalue weighted by atomic mass is 10.2. The van der Waals surface area contributed by atoms with E-state index in [9.17, 15) is 0 Å². The molecule has 0 fully saturated rings. The molecule has 0 unspecified atom stereocenters. The largest absolute Gasteiger partial charge is 0.497 e. The van der Waals surface area contributed by atoms with Crippen molar-refractivity contribution < 1.29 is 9.47 Å². The highest BCUT2D eigenvalue weighted by atomic mass is 16.5. The second kappa shape index (κ2) is 5.84. The predicted molar refractivity (Wildman–Crippen MR) is 80.2 cm³/mol. The van der Waals surface area contributed by atoms with Gasteiger partial charge in [0.25, 0.3) is 0 Å². The number of ether oxygens (including phenoxy) is 2. The van der Waals surface area contributed by atoms with Gasteiger partial charge in [0.15, 0.2) is 11.5 Å². The minimum atomic E-state index is 0.610.